The van der Waals surface area contributed by atoms with E-state index in [0.717, 1.165) is 0 Å². The summed E-state index contributed by atoms with van der Waals surface area (Å²) in [4.78, 5) is 0. The minimum atomic E-state index is -5.36. The van der Waals surface area contributed by atoms with Crippen LogP contribution >= 0.6 is 0 Å². The van der Waals surface area contributed by atoms with E-state index in [-0.39, 0.29) is 25.3 Å². The maximum atomic E-state index is 15.2. The number of benzene rings is 4. The van der Waals surface area contributed by atoms with Gasteiger partial charge in [0, 0.05) is 11.1 Å². The Morgan fingerprint density at radius 2 is 0.762 bits per heavy atom. The molecule has 0 atom stereocenters. The molecule has 0 radical (unpaired) electrons. The van der Waals surface area contributed by atoms with Gasteiger partial charge in [-0.15, -0.1) is 0 Å². The van der Waals surface area contributed by atoms with Crippen LogP contribution in [-0.4, -0.2) is 0 Å². The number of rotatable bonds is 9. The first kappa shape index (κ1) is 30.7. The van der Waals surface area contributed by atoms with Crippen molar-refractivity contribution in [2.45, 2.75) is 37.4 Å². The Balaban J connectivity index is 1.67. The van der Waals surface area contributed by atoms with E-state index in [4.69, 9.17) is 9.47 Å². The molecule has 0 aliphatic carbocycles. The van der Waals surface area contributed by atoms with Crippen molar-refractivity contribution in [2.24, 2.45) is 0 Å². The van der Waals surface area contributed by atoms with E-state index < -0.39 is 58.0 Å². The average molecular weight is 602 g/mol. The Labute approximate surface area is 233 Å². The van der Waals surface area contributed by atoms with Crippen molar-refractivity contribution in [3.8, 4) is 11.5 Å². The quantitative estimate of drug-likeness (QED) is 0.178. The zero-order valence-corrected chi connectivity index (χ0v) is 21.2. The molecule has 0 aliphatic heterocycles. The van der Waals surface area contributed by atoms with E-state index in [1.165, 1.54) is 24.3 Å². The lowest BCUT2D eigenvalue weighted by Gasteiger charge is -2.29. The predicted octanol–water partition coefficient (Wildman–Crippen LogP) is 9.77. The van der Waals surface area contributed by atoms with E-state index in [2.05, 4.69) is 0 Å². The van der Waals surface area contributed by atoms with Gasteiger partial charge in [0.25, 0.3) is 0 Å². The van der Waals surface area contributed by atoms with Gasteiger partial charge >= 0.3 is 24.2 Å². The fraction of sp³-hybridized carbons (Fsp3) is 0.200. The molecule has 42 heavy (non-hydrogen) atoms. The van der Waals surface area contributed by atoms with Gasteiger partial charge in [0.15, 0.2) is 0 Å². The highest BCUT2D eigenvalue weighted by molar-refractivity contribution is 5.45. The summed E-state index contributed by atoms with van der Waals surface area (Å²) in [6.07, 6.45) is -10.6. The molecule has 0 N–H and O–H groups in total. The summed E-state index contributed by atoms with van der Waals surface area (Å²) in [7, 11) is 0. The Morgan fingerprint density at radius 1 is 0.429 bits per heavy atom. The Morgan fingerprint density at radius 3 is 1.07 bits per heavy atom. The molecule has 0 aromatic heterocycles. The minimum absolute atomic E-state index is 0.198. The third-order valence-electron chi connectivity index (χ3n) is 6.16. The van der Waals surface area contributed by atoms with Gasteiger partial charge in [-0.2, -0.15) is 43.9 Å². The third-order valence-corrected chi connectivity index (χ3v) is 6.16. The topological polar surface area (TPSA) is 18.5 Å². The highest BCUT2D eigenvalue weighted by Crippen LogP contribution is 2.52. The van der Waals surface area contributed by atoms with Gasteiger partial charge in [-0.1, -0.05) is 60.7 Å². The highest BCUT2D eigenvalue weighted by atomic mass is 19.4. The normalized spacial score (nSPS) is 12.7. The molecular weight excluding hydrogens is 582 g/mol. The van der Waals surface area contributed by atoms with Gasteiger partial charge in [-0.05, 0) is 47.5 Å². The molecule has 0 aliphatic rings. The van der Waals surface area contributed by atoms with Crippen molar-refractivity contribution in [1.29, 1.82) is 0 Å². The SMILES string of the molecule is FC(F)(F)c1cc(C(F)(F)C(F)(F)c2ccc(OCc3ccccc3)c(C(F)(F)F)c2)ccc1OCc1ccccc1. The summed E-state index contributed by atoms with van der Waals surface area (Å²) in [6.45, 7) is -0.760. The van der Waals surface area contributed by atoms with Crippen LogP contribution in [0.1, 0.15) is 33.4 Å². The van der Waals surface area contributed by atoms with Crippen LogP contribution in [-0.2, 0) is 37.4 Å². The summed E-state index contributed by atoms with van der Waals surface area (Å²) in [6, 6.07) is 16.9. The molecule has 0 amide bonds. The van der Waals surface area contributed by atoms with Gasteiger partial charge < -0.3 is 9.47 Å². The second-order valence-electron chi connectivity index (χ2n) is 9.11. The largest absolute Gasteiger partial charge is 0.488 e. The van der Waals surface area contributed by atoms with Crippen molar-refractivity contribution >= 4 is 0 Å². The first-order valence-electron chi connectivity index (χ1n) is 12.1. The maximum absolute atomic E-state index is 15.2. The van der Waals surface area contributed by atoms with E-state index in [9.17, 15) is 26.3 Å². The Bertz CT molecular complexity index is 1380. The third kappa shape index (κ3) is 6.63. The fourth-order valence-electron chi connectivity index (χ4n) is 3.98. The fourth-order valence-corrected chi connectivity index (χ4v) is 3.98. The molecule has 0 unspecified atom stereocenters. The van der Waals surface area contributed by atoms with Crippen molar-refractivity contribution in [3.63, 3.8) is 0 Å². The zero-order valence-electron chi connectivity index (χ0n) is 21.2. The van der Waals surface area contributed by atoms with E-state index >= 15 is 17.6 Å². The lowest BCUT2D eigenvalue weighted by Crippen LogP contribution is -2.36. The van der Waals surface area contributed by atoms with E-state index in [1.54, 1.807) is 36.4 Å². The molecule has 0 fully saturated rings. The molecular formula is C30H20F10O2. The second kappa shape index (κ2) is 11.6. The molecule has 4 rings (SSSR count). The van der Waals surface area contributed by atoms with Crippen LogP contribution in [0.3, 0.4) is 0 Å². The standard InChI is InChI=1S/C30H20F10O2/c31-27(32,21-11-13-25(23(15-21)29(35,36)37)41-17-19-7-3-1-4-8-19)28(33,34)22-12-14-26(24(16-22)30(38,39)40)42-18-20-9-5-2-6-10-20/h1-16H,17-18H2. The molecule has 0 heterocycles. The summed E-state index contributed by atoms with van der Waals surface area (Å²) in [5, 5.41) is 0. The van der Waals surface area contributed by atoms with Crippen molar-refractivity contribution in [3.05, 3.63) is 130 Å². The van der Waals surface area contributed by atoms with Crippen LogP contribution in [0, 0.1) is 0 Å². The van der Waals surface area contributed by atoms with Crippen LogP contribution in [0.25, 0.3) is 0 Å². The predicted molar refractivity (Wildman–Crippen MR) is 132 cm³/mol. The van der Waals surface area contributed by atoms with Crippen molar-refractivity contribution < 1.29 is 53.4 Å². The summed E-state index contributed by atoms with van der Waals surface area (Å²) in [5.74, 6) is -12.5. The van der Waals surface area contributed by atoms with Crippen molar-refractivity contribution in [2.75, 3.05) is 0 Å². The lowest BCUT2D eigenvalue weighted by atomic mass is 9.93. The van der Waals surface area contributed by atoms with Crippen LogP contribution in [0.15, 0.2) is 97.1 Å². The molecule has 222 valence electrons. The number of alkyl halides is 10. The summed E-state index contributed by atoms with van der Waals surface area (Å²) >= 11 is 0. The second-order valence-corrected chi connectivity index (χ2v) is 9.11. The highest BCUT2D eigenvalue weighted by Gasteiger charge is 2.59. The van der Waals surface area contributed by atoms with E-state index in [1.807, 2.05) is 0 Å². The van der Waals surface area contributed by atoms with Crippen LogP contribution in [0.2, 0.25) is 0 Å². The molecule has 2 nitrogen and oxygen atoms in total. The summed E-state index contributed by atoms with van der Waals surface area (Å²) in [5.41, 5.74) is -6.17. The maximum Gasteiger partial charge on any atom is 0.419 e. The molecule has 4 aromatic carbocycles. The minimum Gasteiger partial charge on any atom is -0.488 e. The lowest BCUT2D eigenvalue weighted by molar-refractivity contribution is -0.224. The first-order valence-corrected chi connectivity index (χ1v) is 12.1. The van der Waals surface area contributed by atoms with E-state index in [0.29, 0.717) is 35.4 Å². The van der Waals surface area contributed by atoms with Crippen LogP contribution < -0.4 is 9.47 Å². The van der Waals surface area contributed by atoms with Gasteiger partial charge in [0.05, 0.1) is 11.1 Å². The number of halogens is 10. The number of ether oxygens (including phenoxy) is 2. The Hall–Kier alpha value is -4.22. The molecule has 0 spiro atoms. The van der Waals surface area contributed by atoms with Gasteiger partial charge in [0.1, 0.15) is 24.7 Å². The monoisotopic (exact) mass is 602 g/mol. The van der Waals surface area contributed by atoms with Crippen molar-refractivity contribution in [1.82, 2.24) is 0 Å². The molecule has 0 bridgehead atoms. The summed E-state index contributed by atoms with van der Waals surface area (Å²) < 4.78 is 153. The number of hydrogen-bond acceptors (Lipinski definition) is 2. The van der Waals surface area contributed by atoms with Gasteiger partial charge in [0.2, 0.25) is 0 Å². The van der Waals surface area contributed by atoms with Gasteiger partial charge in [-0.25, -0.2) is 0 Å². The molecule has 12 heteroatoms. The molecule has 0 saturated heterocycles. The smallest absolute Gasteiger partial charge is 0.419 e. The molecule has 0 saturated carbocycles. The number of hydrogen-bond donors (Lipinski definition) is 0. The Kier molecular flexibility index (Phi) is 8.47. The van der Waals surface area contributed by atoms with Crippen LogP contribution in [0.4, 0.5) is 43.9 Å². The first-order chi connectivity index (χ1) is 19.6. The average Bonchev–Trinajstić information content (AvgIpc) is 2.94. The zero-order chi connectivity index (χ0) is 30.8. The van der Waals surface area contributed by atoms with Crippen LogP contribution in [0.5, 0.6) is 11.5 Å². The molecule has 4 aromatic rings. The van der Waals surface area contributed by atoms with Gasteiger partial charge in [-0.3, -0.25) is 0 Å².